The van der Waals surface area contributed by atoms with Crippen LogP contribution in [0, 0.1) is 0 Å². The third kappa shape index (κ3) is 1.40. The van der Waals surface area contributed by atoms with E-state index in [0.29, 0.717) is 10.2 Å². The van der Waals surface area contributed by atoms with E-state index in [1.54, 1.807) is 0 Å². The Morgan fingerprint density at radius 2 is 2.15 bits per heavy atom. The molecule has 0 fully saturated rings. The van der Waals surface area contributed by atoms with Gasteiger partial charge in [-0.05, 0) is 25.1 Å². The number of aryl methyl sites for hydroxylation is 1. The van der Waals surface area contributed by atoms with Gasteiger partial charge in [0.1, 0.15) is 0 Å². The quantitative estimate of drug-likeness (QED) is 0.713. The van der Waals surface area contributed by atoms with Crippen molar-refractivity contribution in [3.05, 3.63) is 28.4 Å². The number of hydrogen-bond donors (Lipinski definition) is 0. The topological polar surface area (TPSA) is 17.8 Å². The number of aromatic nitrogens is 2. The molecule has 0 bridgehead atoms. The Labute approximate surface area is 86.1 Å². The van der Waals surface area contributed by atoms with Crippen LogP contribution >= 0.6 is 23.2 Å². The molecule has 2 aromatic rings. The molecule has 0 radical (unpaired) electrons. The van der Waals surface area contributed by atoms with Gasteiger partial charge in [-0.15, -0.1) is 0 Å². The maximum atomic E-state index is 5.94. The lowest BCUT2D eigenvalue weighted by atomic mass is 10.2. The number of fused-ring (bicyclic) bond motifs is 1. The molecule has 0 saturated carbocycles. The second-order valence-electron chi connectivity index (χ2n) is 2.77. The minimum absolute atomic E-state index is 0.513. The molecule has 0 N–H and O–H groups in total. The Bertz CT molecular complexity index is 448. The number of benzene rings is 1. The van der Waals surface area contributed by atoms with E-state index in [2.05, 4.69) is 5.10 Å². The number of halogens is 2. The zero-order chi connectivity index (χ0) is 9.42. The predicted molar refractivity (Wildman–Crippen MR) is 55.4 cm³/mol. The second-order valence-corrected chi connectivity index (χ2v) is 3.56. The van der Waals surface area contributed by atoms with Crippen molar-refractivity contribution >= 4 is 34.1 Å². The lowest BCUT2D eigenvalue weighted by molar-refractivity contribution is 0.684. The van der Waals surface area contributed by atoms with Crippen LogP contribution in [-0.4, -0.2) is 9.78 Å². The van der Waals surface area contributed by atoms with Crippen LogP contribution in [0.3, 0.4) is 0 Å². The molecule has 4 heteroatoms. The van der Waals surface area contributed by atoms with E-state index >= 15 is 0 Å². The molecule has 1 heterocycles. The zero-order valence-electron chi connectivity index (χ0n) is 7.09. The van der Waals surface area contributed by atoms with E-state index in [0.717, 1.165) is 17.4 Å². The minimum atomic E-state index is 0.513. The Kier molecular flexibility index (Phi) is 2.18. The van der Waals surface area contributed by atoms with E-state index in [1.165, 1.54) is 0 Å². The standard InChI is InChI=1S/C9H8Cl2N2/c1-2-13-8-4-3-6(10)5-7(8)9(11)12-13/h3-5H,2H2,1H3. The van der Waals surface area contributed by atoms with Crippen LogP contribution in [0.2, 0.25) is 10.2 Å². The number of rotatable bonds is 1. The number of hydrogen-bond acceptors (Lipinski definition) is 1. The Balaban J connectivity index is 2.80. The summed E-state index contributed by atoms with van der Waals surface area (Å²) in [4.78, 5) is 0. The molecular weight excluding hydrogens is 207 g/mol. The van der Waals surface area contributed by atoms with Gasteiger partial charge in [-0.25, -0.2) is 0 Å². The third-order valence-corrected chi connectivity index (χ3v) is 2.48. The Morgan fingerprint density at radius 1 is 1.38 bits per heavy atom. The molecule has 0 aliphatic heterocycles. The van der Waals surface area contributed by atoms with Crippen molar-refractivity contribution in [2.24, 2.45) is 0 Å². The van der Waals surface area contributed by atoms with Crippen molar-refractivity contribution in [1.29, 1.82) is 0 Å². The average molecular weight is 215 g/mol. The largest absolute Gasteiger partial charge is 0.264 e. The van der Waals surface area contributed by atoms with Crippen molar-refractivity contribution in [2.75, 3.05) is 0 Å². The number of nitrogens with zero attached hydrogens (tertiary/aromatic N) is 2. The first-order valence-electron chi connectivity index (χ1n) is 4.04. The van der Waals surface area contributed by atoms with Crippen molar-refractivity contribution < 1.29 is 0 Å². The highest BCUT2D eigenvalue weighted by atomic mass is 35.5. The monoisotopic (exact) mass is 214 g/mol. The molecule has 0 aliphatic rings. The van der Waals surface area contributed by atoms with Gasteiger partial charge in [0, 0.05) is 17.0 Å². The van der Waals surface area contributed by atoms with Crippen molar-refractivity contribution in [3.63, 3.8) is 0 Å². The van der Waals surface area contributed by atoms with Gasteiger partial charge in [0.15, 0.2) is 5.15 Å². The maximum Gasteiger partial charge on any atom is 0.158 e. The van der Waals surface area contributed by atoms with E-state index in [4.69, 9.17) is 23.2 Å². The molecule has 2 nitrogen and oxygen atoms in total. The highest BCUT2D eigenvalue weighted by Gasteiger charge is 2.07. The highest BCUT2D eigenvalue weighted by Crippen LogP contribution is 2.25. The fraction of sp³-hybridized carbons (Fsp3) is 0.222. The van der Waals surface area contributed by atoms with Gasteiger partial charge < -0.3 is 0 Å². The zero-order valence-corrected chi connectivity index (χ0v) is 8.60. The second kappa shape index (κ2) is 3.20. The molecule has 13 heavy (non-hydrogen) atoms. The van der Waals surface area contributed by atoms with Crippen molar-refractivity contribution in [1.82, 2.24) is 9.78 Å². The van der Waals surface area contributed by atoms with Crippen LogP contribution in [0.4, 0.5) is 0 Å². The minimum Gasteiger partial charge on any atom is -0.264 e. The third-order valence-electron chi connectivity index (χ3n) is 1.97. The van der Waals surface area contributed by atoms with E-state index in [9.17, 15) is 0 Å². The maximum absolute atomic E-state index is 5.94. The van der Waals surface area contributed by atoms with Gasteiger partial charge in [0.05, 0.1) is 5.52 Å². The first-order chi connectivity index (χ1) is 6.22. The van der Waals surface area contributed by atoms with Crippen LogP contribution in [0.15, 0.2) is 18.2 Å². The molecule has 0 saturated heterocycles. The predicted octanol–water partition coefficient (Wildman–Crippen LogP) is 3.36. The van der Waals surface area contributed by atoms with E-state index < -0.39 is 0 Å². The molecule has 68 valence electrons. The molecule has 1 aromatic carbocycles. The van der Waals surface area contributed by atoms with Gasteiger partial charge in [0.25, 0.3) is 0 Å². The lowest BCUT2D eigenvalue weighted by Crippen LogP contribution is -1.94. The van der Waals surface area contributed by atoms with Gasteiger partial charge in [0.2, 0.25) is 0 Å². The molecule has 0 amide bonds. The van der Waals surface area contributed by atoms with Crippen LogP contribution in [0.1, 0.15) is 6.92 Å². The SMILES string of the molecule is CCn1nc(Cl)c2cc(Cl)ccc21. The molecule has 0 aliphatic carbocycles. The van der Waals surface area contributed by atoms with Crippen LogP contribution in [0.5, 0.6) is 0 Å². The molecule has 0 spiro atoms. The molecule has 0 atom stereocenters. The van der Waals surface area contributed by atoms with Crippen LogP contribution in [-0.2, 0) is 6.54 Å². The molecular formula is C9H8Cl2N2. The van der Waals surface area contributed by atoms with E-state index in [1.807, 2.05) is 29.8 Å². The highest BCUT2D eigenvalue weighted by molar-refractivity contribution is 6.35. The summed E-state index contributed by atoms with van der Waals surface area (Å²) in [5, 5.41) is 6.28. The molecule has 0 unspecified atom stereocenters. The summed E-state index contributed by atoms with van der Waals surface area (Å²) in [5.41, 5.74) is 1.02. The van der Waals surface area contributed by atoms with Gasteiger partial charge in [-0.1, -0.05) is 23.2 Å². The summed E-state index contributed by atoms with van der Waals surface area (Å²) in [6.45, 7) is 2.84. The lowest BCUT2D eigenvalue weighted by Gasteiger charge is -1.96. The summed E-state index contributed by atoms with van der Waals surface area (Å²) < 4.78 is 1.86. The first kappa shape index (κ1) is 8.85. The molecule has 2 rings (SSSR count). The van der Waals surface area contributed by atoms with Crippen molar-refractivity contribution in [3.8, 4) is 0 Å². The normalized spacial score (nSPS) is 11.0. The summed E-state index contributed by atoms with van der Waals surface area (Å²) in [6.07, 6.45) is 0. The first-order valence-corrected chi connectivity index (χ1v) is 4.79. The van der Waals surface area contributed by atoms with Gasteiger partial charge in [-0.3, -0.25) is 4.68 Å². The van der Waals surface area contributed by atoms with Gasteiger partial charge in [-0.2, -0.15) is 5.10 Å². The Morgan fingerprint density at radius 3 is 2.85 bits per heavy atom. The van der Waals surface area contributed by atoms with Crippen molar-refractivity contribution in [2.45, 2.75) is 13.5 Å². The molecule has 1 aromatic heterocycles. The van der Waals surface area contributed by atoms with E-state index in [-0.39, 0.29) is 0 Å². The Hall–Kier alpha value is -0.730. The fourth-order valence-corrected chi connectivity index (χ4v) is 1.77. The average Bonchev–Trinajstić information content (AvgIpc) is 2.43. The summed E-state index contributed by atoms with van der Waals surface area (Å²) in [5.74, 6) is 0. The van der Waals surface area contributed by atoms with Crippen LogP contribution in [0.25, 0.3) is 10.9 Å². The van der Waals surface area contributed by atoms with Gasteiger partial charge >= 0.3 is 0 Å². The summed E-state index contributed by atoms with van der Waals surface area (Å²) in [6, 6.07) is 5.60. The fourth-order valence-electron chi connectivity index (χ4n) is 1.35. The summed E-state index contributed by atoms with van der Waals surface area (Å²) in [7, 11) is 0. The smallest absolute Gasteiger partial charge is 0.158 e. The van der Waals surface area contributed by atoms with Crippen LogP contribution < -0.4 is 0 Å². The summed E-state index contributed by atoms with van der Waals surface area (Å²) >= 11 is 11.8.